The second-order valence-corrected chi connectivity index (χ2v) is 8.56. The van der Waals surface area contributed by atoms with Crippen molar-refractivity contribution in [3.63, 3.8) is 0 Å². The van der Waals surface area contributed by atoms with Gasteiger partial charge in [-0.3, -0.25) is 9.59 Å². The molecule has 0 radical (unpaired) electrons. The summed E-state index contributed by atoms with van der Waals surface area (Å²) in [6.45, 7) is 3.90. The minimum absolute atomic E-state index is 0.235. The van der Waals surface area contributed by atoms with E-state index < -0.39 is 11.9 Å². The van der Waals surface area contributed by atoms with E-state index in [0.717, 1.165) is 22.5 Å². The topological polar surface area (TPSA) is 46.6 Å². The SMILES string of the molecule is CN1C(=CC(=O)COC(=O)C(c2ccccc2)c2ccccc2)C(C)(C)c2ccccc21. The molecular weight excluding hydrogens is 398 g/mol. The Bertz CT molecular complexity index is 1110. The van der Waals surface area contributed by atoms with Gasteiger partial charge in [0.15, 0.2) is 12.4 Å². The maximum atomic E-state index is 13.1. The maximum Gasteiger partial charge on any atom is 0.318 e. The van der Waals surface area contributed by atoms with Gasteiger partial charge >= 0.3 is 5.97 Å². The van der Waals surface area contributed by atoms with E-state index in [1.807, 2.05) is 90.8 Å². The summed E-state index contributed by atoms with van der Waals surface area (Å²) in [4.78, 5) is 27.9. The van der Waals surface area contributed by atoms with Gasteiger partial charge in [0.05, 0.1) is 0 Å². The van der Waals surface area contributed by atoms with Crippen molar-refractivity contribution in [3.05, 3.63) is 113 Å². The standard InChI is InChI=1S/C28H27NO3/c1-28(2)23-16-10-11-17-24(23)29(3)25(28)18-22(30)19-32-27(31)26(20-12-6-4-7-13-20)21-14-8-5-9-15-21/h4-18,26H,19H2,1-3H3. The normalized spacial score (nSPS) is 15.6. The molecule has 0 amide bonds. The van der Waals surface area contributed by atoms with Gasteiger partial charge in [0.25, 0.3) is 0 Å². The number of carbonyl (C=O) groups is 2. The van der Waals surface area contributed by atoms with Crippen LogP contribution in [0, 0.1) is 0 Å². The highest BCUT2D eigenvalue weighted by molar-refractivity contribution is 5.95. The van der Waals surface area contributed by atoms with Gasteiger partial charge in [-0.25, -0.2) is 0 Å². The Labute approximate surface area is 189 Å². The number of likely N-dealkylation sites (N-methyl/N-ethyl adjacent to an activating group) is 1. The number of esters is 1. The number of benzene rings is 3. The number of ketones is 1. The summed E-state index contributed by atoms with van der Waals surface area (Å²) < 4.78 is 5.51. The van der Waals surface area contributed by atoms with Crippen LogP contribution in [-0.4, -0.2) is 25.4 Å². The van der Waals surface area contributed by atoms with Gasteiger partial charge in [0.2, 0.25) is 0 Å². The number of rotatable bonds is 6. The first-order chi connectivity index (χ1) is 15.4. The average Bonchev–Trinajstić information content (AvgIpc) is 3.00. The van der Waals surface area contributed by atoms with E-state index in [1.165, 1.54) is 5.56 Å². The van der Waals surface area contributed by atoms with Crippen LogP contribution < -0.4 is 4.90 Å². The van der Waals surface area contributed by atoms with Gasteiger partial charge in [-0.1, -0.05) is 92.7 Å². The summed E-state index contributed by atoms with van der Waals surface area (Å²) in [6, 6.07) is 27.1. The van der Waals surface area contributed by atoms with E-state index in [2.05, 4.69) is 19.9 Å². The van der Waals surface area contributed by atoms with Crippen LogP contribution >= 0.6 is 0 Å². The number of ether oxygens (including phenoxy) is 1. The van der Waals surface area contributed by atoms with E-state index in [4.69, 9.17) is 4.74 Å². The third-order valence-electron chi connectivity index (χ3n) is 6.10. The fraction of sp³-hybridized carbons (Fsp3) is 0.214. The third kappa shape index (κ3) is 4.09. The van der Waals surface area contributed by atoms with Gasteiger partial charge in [-0.2, -0.15) is 0 Å². The van der Waals surface area contributed by atoms with E-state index in [9.17, 15) is 9.59 Å². The Morgan fingerprint density at radius 1 is 0.875 bits per heavy atom. The molecule has 0 unspecified atom stereocenters. The predicted octanol–water partition coefficient (Wildman–Crippen LogP) is 5.24. The molecule has 3 aromatic rings. The number of hydrogen-bond donors (Lipinski definition) is 0. The average molecular weight is 426 g/mol. The second kappa shape index (κ2) is 8.83. The van der Waals surface area contributed by atoms with Crippen molar-refractivity contribution >= 4 is 17.4 Å². The van der Waals surface area contributed by atoms with Crippen LogP contribution in [-0.2, 0) is 19.7 Å². The number of nitrogens with zero attached hydrogens (tertiary/aromatic N) is 1. The lowest BCUT2D eigenvalue weighted by molar-refractivity contribution is -0.147. The van der Waals surface area contributed by atoms with Crippen molar-refractivity contribution in [1.29, 1.82) is 0 Å². The molecule has 0 atom stereocenters. The fourth-order valence-electron chi connectivity index (χ4n) is 4.43. The van der Waals surface area contributed by atoms with Crippen LogP contribution in [0.4, 0.5) is 5.69 Å². The summed E-state index contributed by atoms with van der Waals surface area (Å²) in [6.07, 6.45) is 1.60. The number of anilines is 1. The molecule has 0 aromatic heterocycles. The Kier molecular flexibility index (Phi) is 5.95. The Hall–Kier alpha value is -3.66. The fourth-order valence-corrected chi connectivity index (χ4v) is 4.43. The smallest absolute Gasteiger partial charge is 0.318 e. The third-order valence-corrected chi connectivity index (χ3v) is 6.10. The van der Waals surface area contributed by atoms with E-state index >= 15 is 0 Å². The zero-order valence-corrected chi connectivity index (χ0v) is 18.6. The van der Waals surface area contributed by atoms with Gasteiger partial charge < -0.3 is 9.64 Å². The number of para-hydroxylation sites is 1. The van der Waals surface area contributed by atoms with Gasteiger partial charge in [0, 0.05) is 29.9 Å². The molecule has 1 aliphatic heterocycles. The van der Waals surface area contributed by atoms with Crippen molar-refractivity contribution in [2.24, 2.45) is 0 Å². The van der Waals surface area contributed by atoms with Crippen LogP contribution in [0.5, 0.6) is 0 Å². The van der Waals surface area contributed by atoms with E-state index in [-0.39, 0.29) is 17.8 Å². The highest BCUT2D eigenvalue weighted by Crippen LogP contribution is 2.46. The summed E-state index contributed by atoms with van der Waals surface area (Å²) in [7, 11) is 1.96. The molecule has 0 aliphatic carbocycles. The second-order valence-electron chi connectivity index (χ2n) is 8.56. The molecule has 0 spiro atoms. The summed E-state index contributed by atoms with van der Waals surface area (Å²) in [5, 5.41) is 0. The highest BCUT2D eigenvalue weighted by Gasteiger charge is 2.38. The zero-order chi connectivity index (χ0) is 22.7. The van der Waals surface area contributed by atoms with Crippen molar-refractivity contribution in [3.8, 4) is 0 Å². The minimum Gasteiger partial charge on any atom is -0.457 e. The molecule has 3 aromatic carbocycles. The molecule has 32 heavy (non-hydrogen) atoms. The Morgan fingerprint density at radius 3 is 1.97 bits per heavy atom. The molecule has 0 saturated heterocycles. The number of fused-ring (bicyclic) bond motifs is 1. The number of hydrogen-bond acceptors (Lipinski definition) is 4. The number of allylic oxidation sites excluding steroid dienone is 1. The van der Waals surface area contributed by atoms with Crippen LogP contribution in [0.2, 0.25) is 0 Å². The largest absolute Gasteiger partial charge is 0.457 e. The minimum atomic E-state index is -0.576. The van der Waals surface area contributed by atoms with Gasteiger partial charge in [-0.05, 0) is 22.8 Å². The summed E-state index contributed by atoms with van der Waals surface area (Å²) in [5.41, 5.74) is 4.51. The first-order valence-corrected chi connectivity index (χ1v) is 10.7. The first-order valence-electron chi connectivity index (χ1n) is 10.7. The molecule has 4 rings (SSSR count). The number of carbonyl (C=O) groups excluding carboxylic acids is 2. The quantitative estimate of drug-likeness (QED) is 0.400. The molecule has 162 valence electrons. The summed E-state index contributed by atoms with van der Waals surface area (Å²) >= 11 is 0. The molecule has 1 aliphatic rings. The van der Waals surface area contributed by atoms with Crippen molar-refractivity contribution < 1.29 is 14.3 Å². The highest BCUT2D eigenvalue weighted by atomic mass is 16.5. The van der Waals surface area contributed by atoms with Crippen LogP contribution in [0.3, 0.4) is 0 Å². The van der Waals surface area contributed by atoms with Gasteiger partial charge in [-0.15, -0.1) is 0 Å². The van der Waals surface area contributed by atoms with E-state index in [1.54, 1.807) is 6.08 Å². The summed E-state index contributed by atoms with van der Waals surface area (Å²) in [5.74, 6) is -1.25. The molecule has 0 saturated carbocycles. The lowest BCUT2D eigenvalue weighted by atomic mass is 9.83. The Balaban J connectivity index is 1.51. The molecule has 1 heterocycles. The zero-order valence-electron chi connectivity index (χ0n) is 18.6. The molecule has 0 bridgehead atoms. The monoisotopic (exact) mass is 425 g/mol. The molecule has 0 fully saturated rings. The molecule has 0 N–H and O–H groups in total. The van der Waals surface area contributed by atoms with Gasteiger partial charge in [0.1, 0.15) is 5.92 Å². The predicted molar refractivity (Wildman–Crippen MR) is 127 cm³/mol. The molecular formula is C28H27NO3. The molecule has 4 heteroatoms. The van der Waals surface area contributed by atoms with Crippen LogP contribution in [0.1, 0.15) is 36.5 Å². The van der Waals surface area contributed by atoms with E-state index in [0.29, 0.717) is 0 Å². The Morgan fingerprint density at radius 2 is 1.41 bits per heavy atom. The first kappa shape index (κ1) is 21.6. The molecule has 4 nitrogen and oxygen atoms in total. The maximum absolute atomic E-state index is 13.1. The van der Waals surface area contributed by atoms with Crippen LogP contribution in [0.25, 0.3) is 0 Å². The van der Waals surface area contributed by atoms with Crippen LogP contribution in [0.15, 0.2) is 96.7 Å². The lowest BCUT2D eigenvalue weighted by Crippen LogP contribution is -2.25. The van der Waals surface area contributed by atoms with Crippen molar-refractivity contribution in [1.82, 2.24) is 0 Å². The van der Waals surface area contributed by atoms with Crippen molar-refractivity contribution in [2.45, 2.75) is 25.2 Å². The lowest BCUT2D eigenvalue weighted by Gasteiger charge is -2.24. The van der Waals surface area contributed by atoms with Crippen molar-refractivity contribution in [2.75, 3.05) is 18.6 Å².